The van der Waals surface area contributed by atoms with Gasteiger partial charge in [-0.3, -0.25) is 9.59 Å². The van der Waals surface area contributed by atoms with Gasteiger partial charge in [0.05, 0.1) is 24.0 Å². The van der Waals surface area contributed by atoms with Gasteiger partial charge in [0.2, 0.25) is 0 Å². The molecule has 0 saturated carbocycles. The Kier molecular flexibility index (Phi) is 5.77. The average Bonchev–Trinajstić information content (AvgIpc) is 3.44. The van der Waals surface area contributed by atoms with Gasteiger partial charge in [-0.25, -0.2) is 4.98 Å². The van der Waals surface area contributed by atoms with Crippen LogP contribution in [-0.4, -0.2) is 39.5 Å². The zero-order valence-corrected chi connectivity index (χ0v) is 20.0. The third kappa shape index (κ3) is 3.36. The number of fused-ring (bicyclic) bond motifs is 5. The summed E-state index contributed by atoms with van der Waals surface area (Å²) < 4.78 is 7.64. The molecule has 178 valence electrons. The van der Waals surface area contributed by atoms with Crippen molar-refractivity contribution in [1.82, 2.24) is 14.5 Å². The molecular formula is C26H31N5O3. The molecule has 6 rings (SSSR count). The minimum Gasteiger partial charge on any atom is -0.381 e. The Labute approximate surface area is 199 Å². The number of aromatic nitrogens is 2. The fraction of sp³-hybridized carbons (Fsp3) is 0.423. The van der Waals surface area contributed by atoms with Crippen LogP contribution in [0.5, 0.6) is 0 Å². The van der Waals surface area contributed by atoms with Gasteiger partial charge in [-0.15, -0.1) is 0 Å². The number of amides is 2. The molecule has 1 saturated heterocycles. The Bertz CT molecular complexity index is 1190. The lowest BCUT2D eigenvalue weighted by Crippen LogP contribution is -2.38. The molecule has 0 aliphatic carbocycles. The summed E-state index contributed by atoms with van der Waals surface area (Å²) in [7, 11) is 0. The van der Waals surface area contributed by atoms with Crippen molar-refractivity contribution in [3.63, 3.8) is 0 Å². The number of imidazole rings is 1. The van der Waals surface area contributed by atoms with E-state index in [1.54, 1.807) is 6.20 Å². The Morgan fingerprint density at radius 1 is 1.24 bits per heavy atom. The SMILES string of the molecule is C=C(C1CCOCC1)N1/C(=C\C)C(=O)Nc2cc3c(cc21)C1Cn2ccnc2CN1C3=O.CC. The first-order chi connectivity index (χ1) is 16.6. The van der Waals surface area contributed by atoms with Gasteiger partial charge < -0.3 is 24.4 Å². The van der Waals surface area contributed by atoms with E-state index >= 15 is 0 Å². The third-order valence-electron chi connectivity index (χ3n) is 7.09. The Hall–Kier alpha value is -3.39. The van der Waals surface area contributed by atoms with E-state index in [1.807, 2.05) is 48.9 Å². The number of hydrogen-bond donors (Lipinski definition) is 1. The number of nitrogens with zero attached hydrogens (tertiary/aromatic N) is 4. The van der Waals surface area contributed by atoms with Crippen molar-refractivity contribution in [2.24, 2.45) is 5.92 Å². The summed E-state index contributed by atoms with van der Waals surface area (Å²) in [4.78, 5) is 34.4. The summed E-state index contributed by atoms with van der Waals surface area (Å²) in [5.74, 6) is 0.942. The van der Waals surface area contributed by atoms with Crippen LogP contribution in [0.4, 0.5) is 11.4 Å². The fourth-order valence-electron chi connectivity index (χ4n) is 5.39. The van der Waals surface area contributed by atoms with E-state index in [9.17, 15) is 9.59 Å². The molecule has 8 nitrogen and oxygen atoms in total. The van der Waals surface area contributed by atoms with E-state index in [4.69, 9.17) is 4.74 Å². The summed E-state index contributed by atoms with van der Waals surface area (Å²) in [6.45, 7) is 12.8. The van der Waals surface area contributed by atoms with Crippen LogP contribution in [0.15, 0.2) is 48.6 Å². The van der Waals surface area contributed by atoms with Gasteiger partial charge in [-0.1, -0.05) is 26.5 Å². The monoisotopic (exact) mass is 461 g/mol. The number of anilines is 2. The van der Waals surface area contributed by atoms with Crippen LogP contribution < -0.4 is 10.2 Å². The van der Waals surface area contributed by atoms with Gasteiger partial charge >= 0.3 is 0 Å². The smallest absolute Gasteiger partial charge is 0.272 e. The highest BCUT2D eigenvalue weighted by molar-refractivity contribution is 6.14. The van der Waals surface area contributed by atoms with Crippen LogP contribution >= 0.6 is 0 Å². The van der Waals surface area contributed by atoms with Crippen LogP contribution in [0, 0.1) is 5.92 Å². The highest BCUT2D eigenvalue weighted by atomic mass is 16.5. The van der Waals surface area contributed by atoms with Crippen molar-refractivity contribution in [1.29, 1.82) is 0 Å². The van der Waals surface area contributed by atoms with E-state index in [0.717, 1.165) is 35.6 Å². The van der Waals surface area contributed by atoms with E-state index in [2.05, 4.69) is 27.5 Å². The molecule has 4 aliphatic heterocycles. The molecule has 34 heavy (non-hydrogen) atoms. The van der Waals surface area contributed by atoms with Crippen molar-refractivity contribution < 1.29 is 14.3 Å². The molecule has 0 bridgehead atoms. The van der Waals surface area contributed by atoms with Crippen molar-refractivity contribution in [2.75, 3.05) is 23.4 Å². The summed E-state index contributed by atoms with van der Waals surface area (Å²) >= 11 is 0. The third-order valence-corrected chi connectivity index (χ3v) is 7.09. The lowest BCUT2D eigenvalue weighted by molar-refractivity contribution is -0.113. The second-order valence-corrected chi connectivity index (χ2v) is 8.74. The highest BCUT2D eigenvalue weighted by Gasteiger charge is 2.43. The number of hydrogen-bond acceptors (Lipinski definition) is 5. The second-order valence-electron chi connectivity index (χ2n) is 8.74. The Balaban J connectivity index is 0.00000117. The zero-order valence-electron chi connectivity index (χ0n) is 20.0. The Morgan fingerprint density at radius 3 is 2.74 bits per heavy atom. The quantitative estimate of drug-likeness (QED) is 0.678. The Morgan fingerprint density at radius 2 is 2.00 bits per heavy atom. The first-order valence-electron chi connectivity index (χ1n) is 12.1. The molecule has 0 spiro atoms. The molecule has 1 unspecified atom stereocenters. The standard InChI is InChI=1S/C24H25N5O3.C2H6/c1-3-19-23(30)26-18-10-17-16(11-20(18)29(19)14(2)15-4-8-32-9-5-15)21-12-27-7-6-25-22(27)13-28(21)24(17)31;1-2/h3,6-7,10-11,15,21H,2,4-5,8-9,12-13H2,1H3,(H,26,30);1-2H3/b19-3-;. The number of allylic oxidation sites excluding steroid dienone is 2. The topological polar surface area (TPSA) is 79.7 Å². The van der Waals surface area contributed by atoms with Crippen LogP contribution in [-0.2, 0) is 22.6 Å². The number of rotatable bonds is 2. The highest BCUT2D eigenvalue weighted by Crippen LogP contribution is 2.46. The van der Waals surface area contributed by atoms with Crippen LogP contribution in [0.3, 0.4) is 0 Å². The minimum atomic E-state index is -0.184. The fourth-order valence-corrected chi connectivity index (χ4v) is 5.39. The maximum absolute atomic E-state index is 13.2. The lowest BCUT2D eigenvalue weighted by atomic mass is 9.93. The molecule has 0 radical (unpaired) electrons. The van der Waals surface area contributed by atoms with Gasteiger partial charge in [-0.05, 0) is 37.5 Å². The maximum Gasteiger partial charge on any atom is 0.272 e. The molecule has 1 aromatic heterocycles. The molecular weight excluding hydrogens is 430 g/mol. The number of nitrogens with one attached hydrogen (secondary N) is 1. The number of ether oxygens (including phenoxy) is 1. The predicted octanol–water partition coefficient (Wildman–Crippen LogP) is 4.22. The first kappa shape index (κ1) is 22.4. The maximum atomic E-state index is 13.2. The van der Waals surface area contributed by atoms with Crippen LogP contribution in [0.25, 0.3) is 0 Å². The average molecular weight is 462 g/mol. The van der Waals surface area contributed by atoms with Gasteiger partial charge in [0.25, 0.3) is 11.8 Å². The summed E-state index contributed by atoms with van der Waals surface area (Å²) in [5, 5.41) is 2.99. The molecule has 2 amide bonds. The molecule has 2 aromatic rings. The molecule has 5 heterocycles. The molecule has 4 aliphatic rings. The number of carbonyl (C=O) groups is 2. The van der Waals surface area contributed by atoms with E-state index in [-0.39, 0.29) is 23.8 Å². The molecule has 1 atom stereocenters. The predicted molar refractivity (Wildman–Crippen MR) is 130 cm³/mol. The van der Waals surface area contributed by atoms with Crippen LogP contribution in [0.2, 0.25) is 0 Å². The summed E-state index contributed by atoms with van der Waals surface area (Å²) in [6, 6.07) is 3.86. The van der Waals surface area contributed by atoms with Gasteiger partial charge in [0.1, 0.15) is 11.5 Å². The molecule has 8 heteroatoms. The van der Waals surface area contributed by atoms with Crippen molar-refractivity contribution >= 4 is 23.2 Å². The van der Waals surface area contributed by atoms with Gasteiger partial charge in [0, 0.05) is 49.3 Å². The van der Waals surface area contributed by atoms with Gasteiger partial charge in [-0.2, -0.15) is 0 Å². The normalized spacial score (nSPS) is 22.3. The van der Waals surface area contributed by atoms with E-state index in [0.29, 0.717) is 43.3 Å². The minimum absolute atomic E-state index is 0.0112. The van der Waals surface area contributed by atoms with E-state index in [1.165, 1.54) is 0 Å². The molecule has 1 fully saturated rings. The van der Waals surface area contributed by atoms with Crippen molar-refractivity contribution in [3.05, 3.63) is 65.5 Å². The van der Waals surface area contributed by atoms with Gasteiger partial charge in [0.15, 0.2) is 0 Å². The lowest BCUT2D eigenvalue weighted by Gasteiger charge is -2.38. The first-order valence-corrected chi connectivity index (χ1v) is 12.1. The molecule has 1 aromatic carbocycles. The summed E-state index contributed by atoms with van der Waals surface area (Å²) in [6.07, 6.45) is 7.33. The van der Waals surface area contributed by atoms with E-state index < -0.39 is 0 Å². The summed E-state index contributed by atoms with van der Waals surface area (Å²) in [5.41, 5.74) is 4.64. The molecule has 1 N–H and O–H groups in total. The van der Waals surface area contributed by atoms with Crippen LogP contribution in [0.1, 0.15) is 61.4 Å². The largest absolute Gasteiger partial charge is 0.381 e. The van der Waals surface area contributed by atoms with Crippen molar-refractivity contribution in [3.8, 4) is 0 Å². The number of benzene rings is 1. The number of carbonyl (C=O) groups excluding carboxylic acids is 2. The zero-order chi connectivity index (χ0) is 24.0. The second kappa shape index (κ2) is 8.76. The van der Waals surface area contributed by atoms with Crippen molar-refractivity contribution in [2.45, 2.75) is 52.7 Å².